The topological polar surface area (TPSA) is 199 Å². The maximum Gasteiger partial charge on any atom is 0.472 e. The zero-order valence-corrected chi connectivity index (χ0v) is 22.5. The van der Waals surface area contributed by atoms with Crippen molar-refractivity contribution in [3.05, 3.63) is 27.9 Å². The van der Waals surface area contributed by atoms with Crippen LogP contribution in [0, 0.1) is 6.92 Å². The number of urea groups is 1. The molecule has 15 nitrogen and oxygen atoms in total. The Morgan fingerprint density at radius 1 is 1.24 bits per heavy atom. The van der Waals surface area contributed by atoms with Gasteiger partial charge in [0.1, 0.15) is 41.6 Å². The Bertz CT molecular complexity index is 1250. The second-order valence-corrected chi connectivity index (χ2v) is 12.4. The van der Waals surface area contributed by atoms with E-state index in [0.29, 0.717) is 5.56 Å². The third-order valence-corrected chi connectivity index (χ3v) is 9.69. The van der Waals surface area contributed by atoms with Crippen molar-refractivity contribution in [1.29, 1.82) is 0 Å². The Morgan fingerprint density at radius 3 is 2.66 bits per heavy atom. The van der Waals surface area contributed by atoms with Gasteiger partial charge in [-0.3, -0.25) is 28.6 Å². The molecule has 210 valence electrons. The minimum atomic E-state index is -4.73. The maximum absolute atomic E-state index is 13.3. The molecule has 6 rings (SSSR count). The number of hydrogen-bond donors (Lipinski definition) is 4. The van der Waals surface area contributed by atoms with Gasteiger partial charge in [0.05, 0.1) is 25.0 Å². The number of aryl methyl sites for hydroxylation is 1. The van der Waals surface area contributed by atoms with Gasteiger partial charge in [-0.2, -0.15) is 4.98 Å². The van der Waals surface area contributed by atoms with Crippen LogP contribution in [0.3, 0.4) is 0 Å². The molecular formula is C21H29N4O11PS. The van der Waals surface area contributed by atoms with Crippen LogP contribution in [-0.4, -0.2) is 96.4 Å². The molecule has 5 aliphatic rings. The van der Waals surface area contributed by atoms with Crippen molar-refractivity contribution < 1.29 is 47.8 Å². The number of thioether (sulfide) groups is 1. The number of amides is 3. The molecular weight excluding hydrogens is 547 g/mol. The number of carbonyl (C=O) groups is 2. The molecule has 0 radical (unpaired) electrons. The van der Waals surface area contributed by atoms with Crippen LogP contribution in [0.15, 0.2) is 11.0 Å². The van der Waals surface area contributed by atoms with E-state index in [0.717, 1.165) is 16.3 Å². The van der Waals surface area contributed by atoms with E-state index in [9.17, 15) is 34.1 Å². The van der Waals surface area contributed by atoms with Gasteiger partial charge >= 0.3 is 19.5 Å². The predicted molar refractivity (Wildman–Crippen MR) is 129 cm³/mol. The first-order valence-electron chi connectivity index (χ1n) is 11.9. The fourth-order valence-electron chi connectivity index (χ4n) is 5.30. The van der Waals surface area contributed by atoms with E-state index in [2.05, 4.69) is 10.3 Å². The third kappa shape index (κ3) is 4.61. The van der Waals surface area contributed by atoms with Crippen molar-refractivity contribution in [3.63, 3.8) is 0 Å². The van der Waals surface area contributed by atoms with Gasteiger partial charge in [-0.25, -0.2) is 14.2 Å². The summed E-state index contributed by atoms with van der Waals surface area (Å²) in [6, 6.07) is -1.87. The summed E-state index contributed by atoms with van der Waals surface area (Å²) in [6.45, 7) is 2.17. The van der Waals surface area contributed by atoms with E-state index in [4.69, 9.17) is 18.5 Å². The zero-order chi connectivity index (χ0) is 27.6. The van der Waals surface area contributed by atoms with Gasteiger partial charge in [0.2, 0.25) is 5.91 Å². The Balaban J connectivity index is 1.67. The van der Waals surface area contributed by atoms with Crippen LogP contribution in [0.5, 0.6) is 0 Å². The number of aliphatic hydroxyl groups excluding tert-OH is 2. The minimum Gasteiger partial charge on any atom is -0.394 e. The first kappa shape index (κ1) is 27.7. The van der Waals surface area contributed by atoms with Gasteiger partial charge in [0.25, 0.3) is 0 Å². The number of nitrogens with zero attached hydrogens (tertiary/aromatic N) is 3. The van der Waals surface area contributed by atoms with Gasteiger partial charge in [0.15, 0.2) is 0 Å². The summed E-state index contributed by atoms with van der Waals surface area (Å²) in [5, 5.41) is 22.7. The van der Waals surface area contributed by atoms with Crippen LogP contribution in [-0.2, 0) is 27.9 Å². The number of nitrogens with one attached hydrogen (secondary N) is 1. The highest BCUT2D eigenvalue weighted by molar-refractivity contribution is 8.00. The standard InChI is InChI=1S/C21H29N4O11PS/c1-9-6-24-14-5-11(12(7-26)34-14)36-37(31,32)33-8-13-10(27)4-15(35-13)25-17(16(9)22-19(24)29)21(2,38-3)18(28)23-20(25)30/h6,10-15,17,26-27H,4-5,7-8H2,1-3H3,(H,31,32)(H,23,28,30)/t10-,11-,12+,13+,14+,15+,17+,21-/m0/s1. The highest BCUT2D eigenvalue weighted by atomic mass is 32.2. The third-order valence-electron chi connectivity index (χ3n) is 7.42. The molecule has 1 aromatic heterocycles. The van der Waals surface area contributed by atoms with E-state index >= 15 is 0 Å². The molecule has 3 amide bonds. The van der Waals surface area contributed by atoms with Gasteiger partial charge in [0, 0.05) is 19.0 Å². The quantitative estimate of drug-likeness (QED) is 0.330. The molecule has 0 aromatic carbocycles. The Kier molecular flexibility index (Phi) is 7.24. The lowest BCUT2D eigenvalue weighted by atomic mass is 9.90. The number of rotatable bonds is 2. The van der Waals surface area contributed by atoms with Gasteiger partial charge in [-0.05, 0) is 25.7 Å². The Morgan fingerprint density at radius 2 is 1.97 bits per heavy atom. The van der Waals surface area contributed by atoms with Crippen molar-refractivity contribution in [2.45, 2.75) is 74.3 Å². The number of aromatic nitrogens is 2. The monoisotopic (exact) mass is 576 g/mol. The number of aliphatic hydroxyl groups is 2. The summed E-state index contributed by atoms with van der Waals surface area (Å²) in [5.41, 5.74) is -0.148. The van der Waals surface area contributed by atoms with Crippen LogP contribution < -0.4 is 11.0 Å². The molecule has 1 aromatic rings. The van der Waals surface area contributed by atoms with Crippen molar-refractivity contribution >= 4 is 31.5 Å². The molecule has 6 heterocycles. The molecule has 0 aliphatic carbocycles. The first-order valence-corrected chi connectivity index (χ1v) is 14.6. The van der Waals surface area contributed by atoms with E-state index < -0.39 is 86.3 Å². The fourth-order valence-corrected chi connectivity index (χ4v) is 6.94. The predicted octanol–water partition coefficient (Wildman–Crippen LogP) is -0.462. The first-order chi connectivity index (χ1) is 17.9. The molecule has 0 spiro atoms. The Labute approximate surface area is 221 Å². The van der Waals surface area contributed by atoms with Crippen molar-refractivity contribution in [1.82, 2.24) is 19.8 Å². The number of carbonyl (C=O) groups excluding carboxylic acids is 2. The lowest BCUT2D eigenvalue weighted by molar-refractivity contribution is -0.131. The van der Waals surface area contributed by atoms with E-state index in [1.54, 1.807) is 20.1 Å². The smallest absolute Gasteiger partial charge is 0.394 e. The fraction of sp³-hybridized carbons (Fsp3) is 0.714. The lowest BCUT2D eigenvalue weighted by Gasteiger charge is -2.47. The number of phosphoric acid groups is 1. The van der Waals surface area contributed by atoms with E-state index in [-0.39, 0.29) is 18.5 Å². The van der Waals surface area contributed by atoms with Crippen LogP contribution >= 0.6 is 19.6 Å². The number of hydrogen-bond acceptors (Lipinski definition) is 12. The van der Waals surface area contributed by atoms with Crippen molar-refractivity contribution in [2.75, 3.05) is 19.5 Å². The molecule has 6 bridgehead atoms. The largest absolute Gasteiger partial charge is 0.472 e. The lowest BCUT2D eigenvalue weighted by Crippen LogP contribution is -2.65. The molecule has 4 N–H and O–H groups in total. The van der Waals surface area contributed by atoms with Crippen LogP contribution in [0.25, 0.3) is 0 Å². The number of phosphoric ester groups is 1. The molecule has 1 unspecified atom stereocenters. The number of ether oxygens (including phenoxy) is 2. The minimum absolute atomic E-state index is 0.0802. The van der Waals surface area contributed by atoms with Crippen molar-refractivity contribution in [3.8, 4) is 0 Å². The number of imide groups is 1. The summed E-state index contributed by atoms with van der Waals surface area (Å²) in [4.78, 5) is 55.4. The average molecular weight is 577 g/mol. The van der Waals surface area contributed by atoms with Gasteiger partial charge in [-0.1, -0.05) is 0 Å². The molecule has 5 aliphatic heterocycles. The molecule has 9 atom stereocenters. The van der Waals surface area contributed by atoms with Crippen molar-refractivity contribution in [2.24, 2.45) is 0 Å². The average Bonchev–Trinajstić information content (AvgIpc) is 3.42. The summed E-state index contributed by atoms with van der Waals surface area (Å²) in [5.74, 6) is -0.583. The molecule has 17 heteroatoms. The molecule has 3 saturated heterocycles. The summed E-state index contributed by atoms with van der Waals surface area (Å²) in [7, 11) is -4.73. The molecule has 0 saturated carbocycles. The molecule has 3 fully saturated rings. The molecule has 38 heavy (non-hydrogen) atoms. The van der Waals surface area contributed by atoms with Crippen LogP contribution in [0.1, 0.15) is 43.3 Å². The van der Waals surface area contributed by atoms with Crippen LogP contribution in [0.2, 0.25) is 0 Å². The van der Waals surface area contributed by atoms with Gasteiger partial charge in [-0.15, -0.1) is 11.8 Å². The summed E-state index contributed by atoms with van der Waals surface area (Å²) < 4.78 is 34.5. The van der Waals surface area contributed by atoms with E-state index in [1.807, 2.05) is 0 Å². The second kappa shape index (κ2) is 9.94. The highest BCUT2D eigenvalue weighted by Gasteiger charge is 2.56. The number of fused-ring (bicyclic) bond motifs is 5. The SMILES string of the molecule is CS[C@]1(C)C(=O)NC(=O)N2[C@H]3C[C@H](O)[C@@H](COP(=O)(O)O[C@H]4C[C@@H](O[C@@H]4CO)n4cc(C)c(nc4=O)[C@@H]21)O3. The summed E-state index contributed by atoms with van der Waals surface area (Å²) >= 11 is 1.16. The van der Waals surface area contributed by atoms with Gasteiger partial charge < -0.3 is 24.6 Å². The maximum atomic E-state index is 13.3. The van der Waals surface area contributed by atoms with Crippen LogP contribution in [0.4, 0.5) is 4.79 Å². The van der Waals surface area contributed by atoms with E-state index in [1.165, 1.54) is 11.1 Å². The summed E-state index contributed by atoms with van der Waals surface area (Å²) in [6.07, 6.45) is -3.58. The zero-order valence-electron chi connectivity index (χ0n) is 20.8. The Hall–Kier alpha value is -1.88. The highest BCUT2D eigenvalue weighted by Crippen LogP contribution is 2.50. The normalized spacial score (nSPS) is 41.3. The second-order valence-electron chi connectivity index (χ2n) is 9.77.